The van der Waals surface area contributed by atoms with E-state index in [0.717, 1.165) is 27.5 Å². The minimum absolute atomic E-state index is 0.0933. The molecule has 4 nitrogen and oxygen atoms in total. The van der Waals surface area contributed by atoms with Crippen LogP contribution in [-0.4, -0.2) is 30.3 Å². The molecular weight excluding hydrogens is 192 g/mol. The Balaban J connectivity index is 2.31. The number of benzene rings is 1. The van der Waals surface area contributed by atoms with Crippen molar-refractivity contribution in [3.05, 3.63) is 29.3 Å². The Bertz CT molecular complexity index is 450. The minimum Gasteiger partial charge on any atom is -0.497 e. The van der Waals surface area contributed by atoms with Gasteiger partial charge in [-0.25, -0.2) is 5.06 Å². The molecule has 2 N–H and O–H groups in total. The maximum absolute atomic E-state index is 9.15. The number of fused-ring (bicyclic) bond motifs is 1. The zero-order valence-corrected chi connectivity index (χ0v) is 8.61. The molecule has 0 radical (unpaired) electrons. The summed E-state index contributed by atoms with van der Waals surface area (Å²) >= 11 is 0. The molecule has 0 amide bonds. The van der Waals surface area contributed by atoms with Gasteiger partial charge in [-0.3, -0.25) is 10.6 Å². The van der Waals surface area contributed by atoms with Crippen LogP contribution >= 0.6 is 0 Å². The molecule has 1 aromatic rings. The van der Waals surface area contributed by atoms with Crippen LogP contribution in [0.25, 0.3) is 11.6 Å². The molecule has 1 aliphatic carbocycles. The summed E-state index contributed by atoms with van der Waals surface area (Å²) in [6.45, 7) is 0. The molecule has 0 unspecified atom stereocenters. The van der Waals surface area contributed by atoms with Gasteiger partial charge in [0.1, 0.15) is 5.75 Å². The van der Waals surface area contributed by atoms with E-state index in [1.165, 1.54) is 7.05 Å². The van der Waals surface area contributed by atoms with Crippen molar-refractivity contribution in [2.24, 2.45) is 0 Å². The van der Waals surface area contributed by atoms with Crippen molar-refractivity contribution in [3.8, 4) is 5.75 Å². The minimum atomic E-state index is 0.0933. The number of amidine groups is 1. The quantitative estimate of drug-likeness (QED) is 0.439. The van der Waals surface area contributed by atoms with Crippen LogP contribution in [0.4, 0.5) is 0 Å². The predicted molar refractivity (Wildman–Crippen MR) is 58.1 cm³/mol. The Hall–Kier alpha value is -1.81. The zero-order chi connectivity index (χ0) is 11.0. The topological polar surface area (TPSA) is 56.5 Å². The number of hydrogen-bond acceptors (Lipinski definition) is 3. The van der Waals surface area contributed by atoms with E-state index in [0.29, 0.717) is 0 Å². The molecule has 78 valence electrons. The maximum Gasteiger partial charge on any atom is 0.152 e. The van der Waals surface area contributed by atoms with Crippen LogP contribution in [0.1, 0.15) is 11.1 Å². The number of nitrogens with zero attached hydrogens (tertiary/aromatic N) is 1. The number of hydroxylamine groups is 2. The fourth-order valence-corrected chi connectivity index (χ4v) is 1.55. The van der Waals surface area contributed by atoms with E-state index in [2.05, 4.69) is 0 Å². The summed E-state index contributed by atoms with van der Waals surface area (Å²) in [7, 11) is 3.04. The SMILES string of the molecule is COc1ccc2c(c1)C(C(=N)N(C)O)=C2. The number of methoxy groups -OCH3 is 1. The van der Waals surface area contributed by atoms with Crippen molar-refractivity contribution in [2.45, 2.75) is 0 Å². The van der Waals surface area contributed by atoms with Gasteiger partial charge >= 0.3 is 0 Å². The highest BCUT2D eigenvalue weighted by Gasteiger charge is 2.22. The summed E-state index contributed by atoms with van der Waals surface area (Å²) in [5.41, 5.74) is 2.74. The molecule has 0 aromatic heterocycles. The molecule has 1 aromatic carbocycles. The molecule has 0 fully saturated rings. The van der Waals surface area contributed by atoms with Crippen molar-refractivity contribution < 1.29 is 9.94 Å². The van der Waals surface area contributed by atoms with Gasteiger partial charge in [0.15, 0.2) is 5.84 Å². The lowest BCUT2D eigenvalue weighted by Gasteiger charge is -2.23. The largest absolute Gasteiger partial charge is 0.497 e. The van der Waals surface area contributed by atoms with Gasteiger partial charge in [0.2, 0.25) is 0 Å². The molecule has 2 rings (SSSR count). The summed E-state index contributed by atoms with van der Waals surface area (Å²) in [5.74, 6) is 0.850. The zero-order valence-electron chi connectivity index (χ0n) is 8.61. The van der Waals surface area contributed by atoms with Crippen LogP contribution in [0.5, 0.6) is 5.75 Å². The Morgan fingerprint density at radius 1 is 1.47 bits per heavy atom. The molecule has 0 saturated heterocycles. The van der Waals surface area contributed by atoms with E-state index in [-0.39, 0.29) is 5.84 Å². The van der Waals surface area contributed by atoms with E-state index in [9.17, 15) is 0 Å². The third-order valence-electron chi connectivity index (χ3n) is 2.43. The van der Waals surface area contributed by atoms with Crippen molar-refractivity contribution in [2.75, 3.05) is 14.2 Å². The summed E-state index contributed by atoms with van der Waals surface area (Å²) in [6.07, 6.45) is 1.86. The first kappa shape index (κ1) is 9.73. The second-order valence-corrected chi connectivity index (χ2v) is 3.38. The molecule has 0 atom stereocenters. The lowest BCUT2D eigenvalue weighted by atomic mass is 9.87. The first-order valence-electron chi connectivity index (χ1n) is 4.55. The number of ether oxygens (including phenoxy) is 1. The van der Waals surface area contributed by atoms with Gasteiger partial charge in [0.25, 0.3) is 0 Å². The average Bonchev–Trinajstić information content (AvgIpc) is 2.19. The summed E-state index contributed by atoms with van der Waals surface area (Å²) < 4.78 is 5.10. The van der Waals surface area contributed by atoms with Crippen LogP contribution < -0.4 is 4.74 Å². The van der Waals surface area contributed by atoms with Crippen LogP contribution in [0.15, 0.2) is 18.2 Å². The molecule has 1 aliphatic rings. The number of rotatable bonds is 2. The highest BCUT2D eigenvalue weighted by molar-refractivity contribution is 6.30. The number of nitrogens with one attached hydrogen (secondary N) is 1. The molecule has 0 aliphatic heterocycles. The average molecular weight is 204 g/mol. The lowest BCUT2D eigenvalue weighted by molar-refractivity contribution is 0.0145. The standard InChI is InChI=1S/C11H12N2O2/c1-13(14)11(12)10-5-7-3-4-8(15-2)6-9(7)10/h3-6,12,14H,1-2H3. The second kappa shape index (κ2) is 3.40. The van der Waals surface area contributed by atoms with Crippen molar-refractivity contribution in [1.82, 2.24) is 5.06 Å². The van der Waals surface area contributed by atoms with Gasteiger partial charge in [-0.15, -0.1) is 0 Å². The molecule has 0 bridgehead atoms. The van der Waals surface area contributed by atoms with Gasteiger partial charge in [-0.05, 0) is 29.3 Å². The van der Waals surface area contributed by atoms with E-state index in [1.807, 2.05) is 24.3 Å². The molecule has 15 heavy (non-hydrogen) atoms. The number of hydrogen-bond donors (Lipinski definition) is 2. The molecular formula is C11H12N2O2. The maximum atomic E-state index is 9.15. The molecule has 4 heteroatoms. The van der Waals surface area contributed by atoms with E-state index < -0.39 is 0 Å². The van der Waals surface area contributed by atoms with Crippen LogP contribution in [0.2, 0.25) is 0 Å². The van der Waals surface area contributed by atoms with Crippen molar-refractivity contribution >= 4 is 17.5 Å². The van der Waals surface area contributed by atoms with Gasteiger partial charge in [-0.1, -0.05) is 6.07 Å². The highest BCUT2D eigenvalue weighted by atomic mass is 16.5. The summed E-state index contributed by atoms with van der Waals surface area (Å²) in [6, 6.07) is 5.67. The Morgan fingerprint density at radius 2 is 2.20 bits per heavy atom. The highest BCUT2D eigenvalue weighted by Crippen LogP contribution is 2.35. The third kappa shape index (κ3) is 1.49. The van der Waals surface area contributed by atoms with E-state index in [1.54, 1.807) is 7.11 Å². The smallest absolute Gasteiger partial charge is 0.152 e. The molecule has 0 spiro atoms. The Labute approximate surface area is 87.9 Å². The fourth-order valence-electron chi connectivity index (χ4n) is 1.55. The second-order valence-electron chi connectivity index (χ2n) is 3.38. The Morgan fingerprint density at radius 3 is 2.80 bits per heavy atom. The normalized spacial score (nSPS) is 12.3. The summed E-state index contributed by atoms with van der Waals surface area (Å²) in [4.78, 5) is 0. The van der Waals surface area contributed by atoms with Gasteiger partial charge in [-0.2, -0.15) is 0 Å². The first-order valence-corrected chi connectivity index (χ1v) is 4.55. The van der Waals surface area contributed by atoms with Crippen LogP contribution in [0, 0.1) is 5.41 Å². The van der Waals surface area contributed by atoms with Crippen LogP contribution in [0.3, 0.4) is 0 Å². The molecule has 0 saturated carbocycles. The van der Waals surface area contributed by atoms with Gasteiger partial charge in [0.05, 0.1) is 7.11 Å². The van der Waals surface area contributed by atoms with Crippen molar-refractivity contribution in [3.63, 3.8) is 0 Å². The Kier molecular flexibility index (Phi) is 2.21. The monoisotopic (exact) mass is 204 g/mol. The number of likely N-dealkylation sites (N-methyl/N-ethyl adjacent to an activating group) is 1. The van der Waals surface area contributed by atoms with Gasteiger partial charge < -0.3 is 4.74 Å². The third-order valence-corrected chi connectivity index (χ3v) is 2.43. The van der Waals surface area contributed by atoms with Gasteiger partial charge in [0, 0.05) is 12.6 Å². The van der Waals surface area contributed by atoms with Crippen LogP contribution in [-0.2, 0) is 0 Å². The van der Waals surface area contributed by atoms with E-state index >= 15 is 0 Å². The summed E-state index contributed by atoms with van der Waals surface area (Å²) in [5, 5.41) is 17.6. The molecule has 0 heterocycles. The predicted octanol–water partition coefficient (Wildman–Crippen LogP) is 1.85. The fraction of sp³-hybridized carbons (Fsp3) is 0.182. The lowest BCUT2D eigenvalue weighted by Crippen LogP contribution is -2.25. The van der Waals surface area contributed by atoms with Crippen molar-refractivity contribution in [1.29, 1.82) is 5.41 Å². The first-order chi connectivity index (χ1) is 7.13. The van der Waals surface area contributed by atoms with E-state index in [4.69, 9.17) is 15.4 Å².